The Labute approximate surface area is 708 Å². The molecule has 10 aliphatic heterocycles. The molecule has 0 aromatic rings. The van der Waals surface area contributed by atoms with Gasteiger partial charge in [0, 0.05) is 34.6 Å². The number of nitrogens with one attached hydrogen (secondary N) is 5. The summed E-state index contributed by atoms with van der Waals surface area (Å²) < 4.78 is 114. The van der Waals surface area contributed by atoms with E-state index in [9.17, 15) is 157 Å². The molecule has 10 aliphatic rings. The van der Waals surface area contributed by atoms with Crippen molar-refractivity contribution in [2.75, 3.05) is 59.5 Å². The zero-order valence-corrected chi connectivity index (χ0v) is 67.7. The number of aliphatic hydroxyl groups is 26. The molecule has 0 unspecified atom stereocenters. The average molecular weight is 1830 g/mol. The summed E-state index contributed by atoms with van der Waals surface area (Å²) in [5.41, 5.74) is 0. The number of aliphatic hydroxyl groups excluding tert-OH is 26. The third-order valence-corrected chi connectivity index (χ3v) is 22.8. The third-order valence-electron chi connectivity index (χ3n) is 22.8. The molecule has 5 amide bonds. The van der Waals surface area contributed by atoms with Gasteiger partial charge in [0.05, 0.1) is 65.6 Å². The second-order valence-corrected chi connectivity index (χ2v) is 31.7. The number of ether oxygens (including phenoxy) is 19. The van der Waals surface area contributed by atoms with Gasteiger partial charge in [0.2, 0.25) is 29.5 Å². The topological polar surface area (TPSA) is 847 Å². The molecule has 10 rings (SSSR count). The summed E-state index contributed by atoms with van der Waals surface area (Å²) in [6, 6.07) is -9.49. The first-order chi connectivity index (χ1) is 59.1. The first-order valence-corrected chi connectivity index (χ1v) is 40.0. The van der Waals surface area contributed by atoms with Crippen LogP contribution in [0, 0.1) is 0 Å². The molecule has 0 aliphatic carbocycles. The fourth-order valence-electron chi connectivity index (χ4n) is 16.2. The van der Waals surface area contributed by atoms with Crippen LogP contribution in [0.4, 0.5) is 0 Å². The van der Waals surface area contributed by atoms with Crippen molar-refractivity contribution in [3.63, 3.8) is 0 Å². The van der Waals surface area contributed by atoms with E-state index in [-0.39, 0.29) is 0 Å². The van der Waals surface area contributed by atoms with Gasteiger partial charge in [0.1, 0.15) is 238 Å². The van der Waals surface area contributed by atoms with Crippen LogP contribution in [0.5, 0.6) is 0 Å². The van der Waals surface area contributed by atoms with E-state index in [1.165, 1.54) is 6.92 Å². The minimum absolute atomic E-state index is 0.853. The Hall–Kier alpha value is -4.45. The molecule has 10 fully saturated rings. The standard InChI is InChI=1S/C70H117N5O50/c1-16-36(88)47(99)50(102)66(109-16)107-15-30-57(44(96)31(61(106)110-30)71-17(2)83)120-64-34(74-20(5)86)45(97)55(27(12-81)115-64)122-68-53(105)58(123-70-60(125-63-33(73-19(4)85)43(95)38(90)23(8-77)112-63)52(104)56(28(13-82)117-70)119-62-32(72-18(3)84)42(94)37(89)22(7-76)111-62)41(93)29(118-68)14-108-69-59(49(101)40(92)25(10-79)114-69)124-65-35(75-21(6)87)46(98)54(26(11-80)116-65)121-67-51(103)48(100)39(91)24(9-78)113-67/h16,22-70,76-82,88-106H,7-15H2,1-6H3,(H,71,83)(H,72,84)(H,73,85)(H,74,86)(H,75,87)/t16-,22+,23+,24+,25+,26+,27+,28+,29+,30+,31+,32+,33-,34+,35+,36+,37+,38+,39-,40+,41+,42+,43+,44+,45+,46+,47+,48-,49-,50-,51+,52-,53-,54+,55+,56+,57+,58-,59-,60-,61+,62-,63-,64-,65-,66+,67-,68-,69-,70+/m0/s1. The van der Waals surface area contributed by atoms with Gasteiger partial charge in [0.25, 0.3) is 0 Å². The van der Waals surface area contributed by atoms with E-state index in [1.807, 2.05) is 0 Å². The summed E-state index contributed by atoms with van der Waals surface area (Å²) in [4.78, 5) is 64.3. The Bertz CT molecular complexity index is 3420. The molecule has 50 atom stereocenters. The predicted octanol–water partition coefficient (Wildman–Crippen LogP) is -21.1. The van der Waals surface area contributed by atoms with Gasteiger partial charge in [-0.3, -0.25) is 24.0 Å². The quantitative estimate of drug-likeness (QED) is 0.0297. The van der Waals surface area contributed by atoms with E-state index in [0.717, 1.165) is 34.6 Å². The Morgan fingerprint density at radius 2 is 0.504 bits per heavy atom. The third kappa shape index (κ3) is 23.1. The van der Waals surface area contributed by atoms with Gasteiger partial charge in [-0.25, -0.2) is 0 Å². The molecule has 0 saturated carbocycles. The van der Waals surface area contributed by atoms with Crippen LogP contribution >= 0.6 is 0 Å². The highest BCUT2D eigenvalue weighted by molar-refractivity contribution is 5.75. The number of rotatable bonds is 32. The molecule has 55 heteroatoms. The maximum absolute atomic E-state index is 13.3. The lowest BCUT2D eigenvalue weighted by Gasteiger charge is -2.52. The van der Waals surface area contributed by atoms with Crippen molar-refractivity contribution in [3.8, 4) is 0 Å². The SMILES string of the molecule is CC(=O)N[C@@H]1[C@H](O[C@@H]2[C@@H](O[C@@H]3[C@H](O)[C@H](O[C@H]4[C@H](O)[C@@H](NC(C)=O)[C@H](O[C@H]5[C@H](O)[C@@H](NC(C)=O)[C@H](O)O[C@@H]5CO[C@@H]5O[C@@H](C)[C@@H](O)[C@@H](O)[C@@H]5O)O[C@@H]4CO)O[C@H](CO[C@H]4O[C@H](CO)[C@@H](O)[C@H](O)[C@@H]4O[C@@H]4O[C@H](CO)[C@@H](O[C@@H]5O[C@H](CO)[C@H](O)[C@H](O)[C@H]5O)[C@H](O)[C@H]4NC(C)=O)[C@H]3O)O[C@H](CO)[C@@H](O[C@@H]3O[C@H](CO)[C@@H](O)[C@H](O)[C@H]3NC(C)=O)[C@@H]2O)O[C@H](CO)[C@@H](O)[C@@H]1O. The highest BCUT2D eigenvalue weighted by Crippen LogP contribution is 2.41. The van der Waals surface area contributed by atoms with Gasteiger partial charge in [-0.15, -0.1) is 0 Å². The van der Waals surface area contributed by atoms with E-state index >= 15 is 0 Å². The summed E-state index contributed by atoms with van der Waals surface area (Å²) in [6.07, 6.45) is -94.1. The molecule has 125 heavy (non-hydrogen) atoms. The fraction of sp³-hybridized carbons (Fsp3) is 0.929. The molecular weight excluding hydrogens is 1710 g/mol. The number of carbonyl (C=O) groups is 5. The lowest BCUT2D eigenvalue weighted by atomic mass is 9.93. The smallest absolute Gasteiger partial charge is 0.217 e. The minimum Gasteiger partial charge on any atom is -0.394 e. The molecule has 722 valence electrons. The average Bonchev–Trinajstić information content (AvgIpc) is 0.763. The maximum atomic E-state index is 13.3. The first kappa shape index (κ1) is 103. The van der Waals surface area contributed by atoms with Crippen molar-refractivity contribution >= 4 is 29.5 Å². The second kappa shape index (κ2) is 44.9. The van der Waals surface area contributed by atoms with Crippen LogP contribution < -0.4 is 26.6 Å². The van der Waals surface area contributed by atoms with E-state index in [4.69, 9.17) is 90.0 Å². The van der Waals surface area contributed by atoms with Crippen LogP contribution in [0.15, 0.2) is 0 Å². The van der Waals surface area contributed by atoms with Gasteiger partial charge < -0.3 is 249 Å². The van der Waals surface area contributed by atoms with E-state index in [0.29, 0.717) is 0 Å². The van der Waals surface area contributed by atoms with Crippen LogP contribution in [0.3, 0.4) is 0 Å². The van der Waals surface area contributed by atoms with Crippen molar-refractivity contribution in [2.45, 2.75) is 348 Å². The predicted molar refractivity (Wildman–Crippen MR) is 386 cm³/mol. The fourth-order valence-corrected chi connectivity index (χ4v) is 16.2. The van der Waals surface area contributed by atoms with Crippen molar-refractivity contribution in [1.29, 1.82) is 0 Å². The van der Waals surface area contributed by atoms with Crippen LogP contribution in [-0.4, -0.2) is 529 Å². The Morgan fingerprint density at radius 3 is 0.936 bits per heavy atom. The molecule has 0 radical (unpaired) electrons. The monoisotopic (exact) mass is 1830 g/mol. The second-order valence-electron chi connectivity index (χ2n) is 31.7. The zero-order chi connectivity index (χ0) is 92.1. The summed E-state index contributed by atoms with van der Waals surface area (Å²) in [5, 5.41) is 304. The van der Waals surface area contributed by atoms with Gasteiger partial charge in [-0.2, -0.15) is 0 Å². The summed E-state index contributed by atoms with van der Waals surface area (Å²) >= 11 is 0. The van der Waals surface area contributed by atoms with Gasteiger partial charge >= 0.3 is 0 Å². The normalized spacial score (nSPS) is 48.7. The summed E-state index contributed by atoms with van der Waals surface area (Å²) in [7, 11) is 0. The number of hydrogen-bond acceptors (Lipinski definition) is 50. The Morgan fingerprint density at radius 1 is 0.224 bits per heavy atom. The van der Waals surface area contributed by atoms with E-state index in [1.54, 1.807) is 0 Å². The molecule has 10 saturated heterocycles. The molecule has 55 nitrogen and oxygen atoms in total. The van der Waals surface area contributed by atoms with E-state index in [2.05, 4.69) is 26.6 Å². The molecular formula is C70H117N5O50. The number of carbonyl (C=O) groups excluding carboxylic acids is 5. The maximum Gasteiger partial charge on any atom is 0.217 e. The zero-order valence-electron chi connectivity index (χ0n) is 67.7. The van der Waals surface area contributed by atoms with Crippen LogP contribution in [0.25, 0.3) is 0 Å². The minimum atomic E-state index is -2.67. The first-order valence-electron chi connectivity index (χ1n) is 40.0. The molecule has 31 N–H and O–H groups in total. The molecule has 0 aromatic carbocycles. The van der Waals surface area contributed by atoms with Crippen molar-refractivity contribution in [2.24, 2.45) is 0 Å². The Balaban J connectivity index is 1.02. The largest absolute Gasteiger partial charge is 0.394 e. The Kier molecular flexibility index (Phi) is 36.8. The van der Waals surface area contributed by atoms with Crippen LogP contribution in [-0.2, 0) is 114 Å². The highest BCUT2D eigenvalue weighted by atomic mass is 16.8. The lowest BCUT2D eigenvalue weighted by Crippen LogP contribution is -2.71. The van der Waals surface area contributed by atoms with Crippen LogP contribution in [0.2, 0.25) is 0 Å². The van der Waals surface area contributed by atoms with Crippen molar-refractivity contribution < 1.29 is 247 Å². The van der Waals surface area contributed by atoms with Gasteiger partial charge in [0.15, 0.2) is 62.9 Å². The number of hydrogen-bond donors (Lipinski definition) is 31. The van der Waals surface area contributed by atoms with Crippen LogP contribution in [0.1, 0.15) is 41.5 Å². The summed E-state index contributed by atoms with van der Waals surface area (Å²) in [5.74, 6) is -4.64. The highest BCUT2D eigenvalue weighted by Gasteiger charge is 2.62. The molecule has 10 heterocycles. The van der Waals surface area contributed by atoms with Crippen molar-refractivity contribution in [3.05, 3.63) is 0 Å². The van der Waals surface area contributed by atoms with Gasteiger partial charge in [-0.05, 0) is 6.92 Å². The molecule has 0 bridgehead atoms. The molecule has 0 aromatic heterocycles. The van der Waals surface area contributed by atoms with Gasteiger partial charge in [-0.1, -0.05) is 0 Å². The lowest BCUT2D eigenvalue weighted by molar-refractivity contribution is -0.403. The number of amides is 5. The van der Waals surface area contributed by atoms with E-state index < -0.39 is 396 Å². The molecule has 0 spiro atoms. The van der Waals surface area contributed by atoms with Crippen molar-refractivity contribution in [1.82, 2.24) is 26.6 Å². The summed E-state index contributed by atoms with van der Waals surface area (Å²) in [6.45, 7) is -4.06.